The summed E-state index contributed by atoms with van der Waals surface area (Å²) < 4.78 is 17.0. The van der Waals surface area contributed by atoms with Gasteiger partial charge in [-0.15, -0.1) is 0 Å². The molecule has 0 aromatic rings. The summed E-state index contributed by atoms with van der Waals surface area (Å²) in [4.78, 5) is 9.00. The summed E-state index contributed by atoms with van der Waals surface area (Å²) in [5.74, 6) is -0.833. The van der Waals surface area contributed by atoms with Crippen LogP contribution in [-0.2, 0) is 47.3 Å². The van der Waals surface area contributed by atoms with E-state index >= 15 is 0 Å². The van der Waals surface area contributed by atoms with E-state index in [2.05, 4.69) is 0 Å². The maximum absolute atomic E-state index is 9.00. The van der Waals surface area contributed by atoms with Crippen LogP contribution in [-0.4, -0.2) is 29.9 Å². The SMILES string of the molecule is CC(=O)O.[Co].[LiH].[O]=[Ti]=[O]. The zero-order valence-electron chi connectivity index (χ0n) is 4.01. The first kappa shape index (κ1) is 22.5. The van der Waals surface area contributed by atoms with Crippen LogP contribution in [0.25, 0.3) is 0 Å². The van der Waals surface area contributed by atoms with Crippen LogP contribution in [0.1, 0.15) is 6.92 Å². The molecule has 0 fully saturated rings. The van der Waals surface area contributed by atoms with Gasteiger partial charge in [-0.05, 0) is 0 Å². The molecule has 0 amide bonds. The summed E-state index contributed by atoms with van der Waals surface area (Å²) in [6.45, 7) is 1.08. The number of carboxylic acids is 1. The summed E-state index contributed by atoms with van der Waals surface area (Å²) in [5, 5.41) is 7.42. The molecule has 0 heterocycles. The molecule has 9 heavy (non-hydrogen) atoms. The van der Waals surface area contributed by atoms with Crippen molar-refractivity contribution < 1.29 is 52.4 Å². The van der Waals surface area contributed by atoms with E-state index in [9.17, 15) is 0 Å². The minimum atomic E-state index is -2.00. The molecule has 0 rings (SSSR count). The molecular weight excluding hydrogens is 202 g/mol. The molecule has 0 saturated heterocycles. The number of carbonyl (C=O) groups is 1. The summed E-state index contributed by atoms with van der Waals surface area (Å²) in [7, 11) is 0. The number of hydrogen-bond acceptors (Lipinski definition) is 3. The van der Waals surface area contributed by atoms with Gasteiger partial charge in [0, 0.05) is 23.7 Å². The molecule has 0 saturated carbocycles. The van der Waals surface area contributed by atoms with Crippen LogP contribution in [0.5, 0.6) is 0 Å². The number of carboxylic acid groups (broad SMARTS) is 1. The molecule has 7 heteroatoms. The summed E-state index contributed by atoms with van der Waals surface area (Å²) in [6, 6.07) is 0. The minimum absolute atomic E-state index is 0. The van der Waals surface area contributed by atoms with Crippen LogP contribution >= 0.6 is 0 Å². The van der Waals surface area contributed by atoms with Crippen LogP contribution in [0.4, 0.5) is 0 Å². The molecular formula is C2H5CoLiO4Ti. The maximum atomic E-state index is 9.00. The van der Waals surface area contributed by atoms with Gasteiger partial charge >= 0.3 is 44.6 Å². The van der Waals surface area contributed by atoms with E-state index in [-0.39, 0.29) is 35.6 Å². The van der Waals surface area contributed by atoms with Crippen molar-refractivity contribution in [2.75, 3.05) is 0 Å². The van der Waals surface area contributed by atoms with Crippen LogP contribution < -0.4 is 0 Å². The van der Waals surface area contributed by atoms with Gasteiger partial charge in [0.2, 0.25) is 0 Å². The Morgan fingerprint density at radius 1 is 1.44 bits per heavy atom. The second-order valence-electron chi connectivity index (χ2n) is 0.602. The van der Waals surface area contributed by atoms with E-state index in [0.29, 0.717) is 0 Å². The normalized spacial score (nSPS) is 3.67. The van der Waals surface area contributed by atoms with Gasteiger partial charge in [-0.2, -0.15) is 0 Å². The molecule has 0 aromatic heterocycles. The zero-order chi connectivity index (χ0) is 6.28. The predicted octanol–water partition coefficient (Wildman–Crippen LogP) is -0.800. The molecule has 0 aliphatic rings. The average molecular weight is 207 g/mol. The molecule has 0 atom stereocenters. The van der Waals surface area contributed by atoms with Crippen molar-refractivity contribution >= 4 is 24.8 Å². The van der Waals surface area contributed by atoms with Crippen LogP contribution in [0.15, 0.2) is 0 Å². The molecule has 0 aliphatic heterocycles. The Kier molecular flexibility index (Phi) is 57.9. The Morgan fingerprint density at radius 3 is 1.44 bits per heavy atom. The quantitative estimate of drug-likeness (QED) is 0.527. The third-order valence-corrected chi connectivity index (χ3v) is 0. The van der Waals surface area contributed by atoms with Gasteiger partial charge in [0.05, 0.1) is 0 Å². The summed E-state index contributed by atoms with van der Waals surface area (Å²) in [5.41, 5.74) is 0. The van der Waals surface area contributed by atoms with Crippen molar-refractivity contribution in [1.82, 2.24) is 0 Å². The number of hydrogen-bond donors (Lipinski definition) is 1. The van der Waals surface area contributed by atoms with Crippen LogP contribution in [0, 0.1) is 0 Å². The van der Waals surface area contributed by atoms with E-state index in [4.69, 9.17) is 16.6 Å². The molecule has 0 spiro atoms. The number of rotatable bonds is 0. The van der Waals surface area contributed by atoms with Gasteiger partial charge in [-0.1, -0.05) is 0 Å². The fraction of sp³-hybridized carbons (Fsp3) is 0.500. The van der Waals surface area contributed by atoms with Crippen molar-refractivity contribution in [3.05, 3.63) is 0 Å². The Balaban J connectivity index is -0.0000000233. The standard InChI is InChI=1S/C2H4O2.Co.Li.2O.Ti.H/c1-2(3)4;;;;;;/h1H3,(H,3,4);;;;;;. The van der Waals surface area contributed by atoms with Gasteiger partial charge < -0.3 is 5.11 Å². The monoisotopic (exact) mass is 207 g/mol. The van der Waals surface area contributed by atoms with Gasteiger partial charge in [0.15, 0.2) is 0 Å². The van der Waals surface area contributed by atoms with Crippen LogP contribution in [0.2, 0.25) is 0 Å². The molecule has 4 nitrogen and oxygen atoms in total. The molecule has 1 radical (unpaired) electrons. The van der Waals surface area contributed by atoms with Gasteiger partial charge in [0.25, 0.3) is 5.97 Å². The third kappa shape index (κ3) is 535. The Bertz CT molecular complexity index is 86.6. The second kappa shape index (κ2) is 23.1. The Morgan fingerprint density at radius 2 is 1.44 bits per heavy atom. The van der Waals surface area contributed by atoms with Crippen molar-refractivity contribution in [3.63, 3.8) is 0 Å². The third-order valence-electron chi connectivity index (χ3n) is 0. The fourth-order valence-electron chi connectivity index (χ4n) is 0. The van der Waals surface area contributed by atoms with Crippen LogP contribution in [0.3, 0.4) is 0 Å². The van der Waals surface area contributed by atoms with E-state index in [1.54, 1.807) is 0 Å². The second-order valence-corrected chi connectivity index (χ2v) is 0.863. The van der Waals surface area contributed by atoms with E-state index in [1.165, 1.54) is 0 Å². The van der Waals surface area contributed by atoms with Crippen molar-refractivity contribution in [2.24, 2.45) is 0 Å². The van der Waals surface area contributed by atoms with Gasteiger partial charge in [0.1, 0.15) is 0 Å². The van der Waals surface area contributed by atoms with E-state index in [1.807, 2.05) is 0 Å². The summed E-state index contributed by atoms with van der Waals surface area (Å²) in [6.07, 6.45) is 0. The molecule has 0 unspecified atom stereocenters. The fourth-order valence-corrected chi connectivity index (χ4v) is 0. The zero-order valence-corrected chi connectivity index (χ0v) is 6.61. The summed E-state index contributed by atoms with van der Waals surface area (Å²) >= 11 is -2.00. The molecule has 0 aromatic carbocycles. The Hall–Kier alpha value is 0.888. The number of aliphatic carboxylic acids is 1. The average Bonchev–Trinajstić information content (AvgIpc) is 1.33. The molecule has 0 bridgehead atoms. The Labute approximate surface area is 83.7 Å². The van der Waals surface area contributed by atoms with Crippen molar-refractivity contribution in [3.8, 4) is 0 Å². The molecule has 1 N–H and O–H groups in total. The molecule has 51 valence electrons. The van der Waals surface area contributed by atoms with Crippen molar-refractivity contribution in [2.45, 2.75) is 6.92 Å². The first-order valence-electron chi connectivity index (χ1n) is 1.34. The van der Waals surface area contributed by atoms with Gasteiger partial charge in [-0.25, -0.2) is 0 Å². The van der Waals surface area contributed by atoms with E-state index in [0.717, 1.165) is 6.92 Å². The molecule has 0 aliphatic carbocycles. The predicted molar refractivity (Wildman–Crippen MR) is 21.8 cm³/mol. The first-order valence-corrected chi connectivity index (χ1v) is 2.61. The van der Waals surface area contributed by atoms with E-state index < -0.39 is 25.1 Å². The first-order chi connectivity index (χ1) is 3.15. The van der Waals surface area contributed by atoms with Gasteiger partial charge in [-0.3, -0.25) is 4.79 Å². The van der Waals surface area contributed by atoms with Crippen molar-refractivity contribution in [1.29, 1.82) is 0 Å². The topological polar surface area (TPSA) is 71.4 Å².